The van der Waals surface area contributed by atoms with Gasteiger partial charge in [0.2, 0.25) is 10.0 Å². The quantitative estimate of drug-likeness (QED) is 0.364. The molecule has 4 aromatic rings. The number of thiazole rings is 1. The molecule has 9 nitrogen and oxygen atoms in total. The van der Waals surface area contributed by atoms with E-state index in [0.29, 0.717) is 39.1 Å². The number of anilines is 2. The van der Waals surface area contributed by atoms with Crippen molar-refractivity contribution in [3.8, 4) is 34.0 Å². The van der Waals surface area contributed by atoms with Crippen LogP contribution in [0.2, 0.25) is 0 Å². The Balaban J connectivity index is 1.67. The minimum absolute atomic E-state index is 0.0530. The molecule has 0 amide bonds. The standard InChI is InChI=1S/C19H16N4O5S2/c1-10-6-15(23-28-10)14-4-2-11(7-18(14)30(20,26)27)21-19-22-16(9-29-19)13-5-3-12(24)8-17(13)25/h2-9,24-25H,1H3,(H,21,22)(H2,20,26,27). The van der Waals surface area contributed by atoms with Gasteiger partial charge in [0, 0.05) is 34.3 Å². The fraction of sp³-hybridized carbons (Fsp3) is 0.0526. The molecule has 0 bridgehead atoms. The SMILES string of the molecule is Cc1cc(-c2ccc(Nc3nc(-c4ccc(O)cc4O)cs3)cc2S(N)(=O)=O)no1. The third-order valence-electron chi connectivity index (χ3n) is 4.20. The first-order valence-corrected chi connectivity index (χ1v) is 11.0. The van der Waals surface area contributed by atoms with Crippen molar-refractivity contribution in [1.82, 2.24) is 10.1 Å². The predicted molar refractivity (Wildman–Crippen MR) is 112 cm³/mol. The van der Waals surface area contributed by atoms with Crippen LogP contribution in [0.5, 0.6) is 11.5 Å². The maximum atomic E-state index is 12.1. The third-order valence-corrected chi connectivity index (χ3v) is 5.91. The molecule has 30 heavy (non-hydrogen) atoms. The second-order valence-corrected chi connectivity index (χ2v) is 8.83. The summed E-state index contributed by atoms with van der Waals surface area (Å²) < 4.78 is 29.3. The molecule has 5 N–H and O–H groups in total. The first-order valence-electron chi connectivity index (χ1n) is 8.56. The summed E-state index contributed by atoms with van der Waals surface area (Å²) in [5.74, 6) is 0.388. The average molecular weight is 444 g/mol. The number of nitrogens with one attached hydrogen (secondary N) is 1. The normalized spacial score (nSPS) is 11.5. The van der Waals surface area contributed by atoms with E-state index in [1.165, 1.54) is 29.5 Å². The first-order chi connectivity index (χ1) is 14.2. The van der Waals surface area contributed by atoms with Crippen molar-refractivity contribution in [2.24, 2.45) is 5.14 Å². The molecule has 4 rings (SSSR count). The molecule has 2 heterocycles. The van der Waals surface area contributed by atoms with Gasteiger partial charge in [-0.25, -0.2) is 18.5 Å². The highest BCUT2D eigenvalue weighted by atomic mass is 32.2. The summed E-state index contributed by atoms with van der Waals surface area (Å²) in [7, 11) is -4.03. The van der Waals surface area contributed by atoms with Crippen LogP contribution in [0.4, 0.5) is 10.8 Å². The highest BCUT2D eigenvalue weighted by Crippen LogP contribution is 2.35. The minimum Gasteiger partial charge on any atom is -0.508 e. The van der Waals surface area contributed by atoms with Gasteiger partial charge in [0.25, 0.3) is 0 Å². The zero-order valence-electron chi connectivity index (χ0n) is 15.5. The number of aryl methyl sites for hydroxylation is 1. The van der Waals surface area contributed by atoms with Crippen molar-refractivity contribution in [1.29, 1.82) is 0 Å². The zero-order valence-corrected chi connectivity index (χ0v) is 17.2. The van der Waals surface area contributed by atoms with Crippen molar-refractivity contribution < 1.29 is 23.2 Å². The highest BCUT2D eigenvalue weighted by molar-refractivity contribution is 7.89. The Morgan fingerprint density at radius 3 is 2.50 bits per heavy atom. The van der Waals surface area contributed by atoms with Crippen LogP contribution in [0.15, 0.2) is 57.3 Å². The molecule has 0 aliphatic heterocycles. The lowest BCUT2D eigenvalue weighted by Gasteiger charge is -2.09. The van der Waals surface area contributed by atoms with Gasteiger partial charge in [-0.1, -0.05) is 5.16 Å². The van der Waals surface area contributed by atoms with E-state index >= 15 is 0 Å². The van der Waals surface area contributed by atoms with Gasteiger partial charge in [-0.3, -0.25) is 0 Å². The molecule has 154 valence electrons. The van der Waals surface area contributed by atoms with Crippen LogP contribution in [0.1, 0.15) is 5.76 Å². The Morgan fingerprint density at radius 2 is 1.83 bits per heavy atom. The lowest BCUT2D eigenvalue weighted by atomic mass is 10.1. The zero-order chi connectivity index (χ0) is 21.5. The van der Waals surface area contributed by atoms with Crippen LogP contribution < -0.4 is 10.5 Å². The number of primary sulfonamides is 1. The number of hydrogen-bond donors (Lipinski definition) is 4. The third kappa shape index (κ3) is 3.99. The Bertz CT molecular complexity index is 1340. The summed E-state index contributed by atoms with van der Waals surface area (Å²) in [6.07, 6.45) is 0. The minimum atomic E-state index is -4.03. The molecule has 0 radical (unpaired) electrons. The molecule has 0 fully saturated rings. The summed E-state index contributed by atoms with van der Waals surface area (Å²) in [5, 5.41) is 33.9. The van der Waals surface area contributed by atoms with Gasteiger partial charge < -0.3 is 20.1 Å². The van der Waals surface area contributed by atoms with E-state index < -0.39 is 10.0 Å². The maximum absolute atomic E-state index is 12.1. The van der Waals surface area contributed by atoms with Crippen LogP contribution >= 0.6 is 11.3 Å². The van der Waals surface area contributed by atoms with Gasteiger partial charge in [0.05, 0.1) is 10.6 Å². The number of phenols is 2. The van der Waals surface area contributed by atoms with Gasteiger partial charge in [0.15, 0.2) is 5.13 Å². The Morgan fingerprint density at radius 1 is 1.07 bits per heavy atom. The Kier molecular flexibility index (Phi) is 4.94. The number of rotatable bonds is 5. The molecule has 0 unspecified atom stereocenters. The molecule has 0 spiro atoms. The van der Waals surface area contributed by atoms with Gasteiger partial charge in [-0.15, -0.1) is 11.3 Å². The summed E-state index contributed by atoms with van der Waals surface area (Å²) in [6, 6.07) is 10.5. The van der Waals surface area contributed by atoms with Crippen molar-refractivity contribution in [3.05, 3.63) is 53.6 Å². The summed E-state index contributed by atoms with van der Waals surface area (Å²) >= 11 is 1.27. The van der Waals surface area contributed by atoms with E-state index in [9.17, 15) is 18.6 Å². The smallest absolute Gasteiger partial charge is 0.238 e. The summed E-state index contributed by atoms with van der Waals surface area (Å²) in [4.78, 5) is 4.30. The molecular formula is C19H16N4O5S2. The van der Waals surface area contributed by atoms with E-state index in [2.05, 4.69) is 15.5 Å². The molecule has 0 saturated carbocycles. The number of nitrogens with two attached hydrogens (primary N) is 1. The van der Waals surface area contributed by atoms with Crippen LogP contribution in [0, 0.1) is 6.92 Å². The number of aromatic hydroxyl groups is 2. The molecule has 0 aliphatic rings. The van der Waals surface area contributed by atoms with E-state index in [-0.39, 0.29) is 16.4 Å². The molecular weight excluding hydrogens is 428 g/mol. The van der Waals surface area contributed by atoms with E-state index in [1.54, 1.807) is 36.6 Å². The lowest BCUT2D eigenvalue weighted by Crippen LogP contribution is -2.13. The number of nitrogens with zero attached hydrogens (tertiary/aromatic N) is 2. The second kappa shape index (κ2) is 7.44. The van der Waals surface area contributed by atoms with Crippen LogP contribution in [0.25, 0.3) is 22.5 Å². The fourth-order valence-electron chi connectivity index (χ4n) is 2.86. The van der Waals surface area contributed by atoms with Crippen molar-refractivity contribution >= 4 is 32.2 Å². The molecule has 2 aromatic heterocycles. The number of benzene rings is 2. The average Bonchev–Trinajstić information content (AvgIpc) is 3.30. The lowest BCUT2D eigenvalue weighted by molar-refractivity contribution is 0.399. The summed E-state index contributed by atoms with van der Waals surface area (Å²) in [6.45, 7) is 1.70. The van der Waals surface area contributed by atoms with Gasteiger partial charge in [-0.2, -0.15) is 0 Å². The largest absolute Gasteiger partial charge is 0.508 e. The maximum Gasteiger partial charge on any atom is 0.238 e. The predicted octanol–water partition coefficient (Wildman–Crippen LogP) is 3.58. The van der Waals surface area contributed by atoms with E-state index in [1.807, 2.05) is 0 Å². The van der Waals surface area contributed by atoms with Crippen LogP contribution in [0.3, 0.4) is 0 Å². The van der Waals surface area contributed by atoms with Crippen molar-refractivity contribution in [2.75, 3.05) is 5.32 Å². The Hall–Kier alpha value is -3.41. The molecule has 11 heteroatoms. The van der Waals surface area contributed by atoms with Gasteiger partial charge in [0.1, 0.15) is 23.0 Å². The van der Waals surface area contributed by atoms with Gasteiger partial charge in [-0.05, 0) is 37.3 Å². The number of sulfonamides is 1. The topological polar surface area (TPSA) is 152 Å². The number of hydrogen-bond acceptors (Lipinski definition) is 9. The monoisotopic (exact) mass is 444 g/mol. The molecule has 2 aromatic carbocycles. The Labute approximate surface area is 175 Å². The van der Waals surface area contributed by atoms with Crippen molar-refractivity contribution in [2.45, 2.75) is 11.8 Å². The molecule has 0 saturated heterocycles. The highest BCUT2D eigenvalue weighted by Gasteiger charge is 2.19. The van der Waals surface area contributed by atoms with Crippen LogP contribution in [-0.2, 0) is 10.0 Å². The molecule has 0 aliphatic carbocycles. The number of aromatic nitrogens is 2. The summed E-state index contributed by atoms with van der Waals surface area (Å²) in [5.41, 5.74) is 2.11. The fourth-order valence-corrected chi connectivity index (χ4v) is 4.36. The van der Waals surface area contributed by atoms with Crippen LogP contribution in [-0.4, -0.2) is 28.8 Å². The molecule has 0 atom stereocenters. The van der Waals surface area contributed by atoms with Crippen molar-refractivity contribution in [3.63, 3.8) is 0 Å². The van der Waals surface area contributed by atoms with Gasteiger partial charge >= 0.3 is 0 Å². The van der Waals surface area contributed by atoms with E-state index in [4.69, 9.17) is 9.66 Å². The first kappa shape index (κ1) is 19.9. The second-order valence-electron chi connectivity index (χ2n) is 6.44. The van der Waals surface area contributed by atoms with E-state index in [0.717, 1.165) is 0 Å². The number of phenolic OH excluding ortho intramolecular Hbond substituents is 2.